The lowest BCUT2D eigenvalue weighted by Crippen LogP contribution is -2.50. The Morgan fingerprint density at radius 2 is 1.69 bits per heavy atom. The van der Waals surface area contributed by atoms with Crippen molar-refractivity contribution in [3.05, 3.63) is 84.6 Å². The Bertz CT molecular complexity index is 1360. The molecule has 2 aromatic carbocycles. The molecular formula is C25H24N8O2. The predicted molar refractivity (Wildman–Crippen MR) is 132 cm³/mol. The van der Waals surface area contributed by atoms with Gasteiger partial charge in [-0.2, -0.15) is 5.10 Å². The van der Waals surface area contributed by atoms with Crippen LogP contribution in [0, 0.1) is 0 Å². The normalized spacial score (nSPS) is 13.2. The smallest absolute Gasteiger partial charge is 0.321 e. The van der Waals surface area contributed by atoms with Crippen molar-refractivity contribution in [1.29, 1.82) is 0 Å². The molecule has 1 fully saturated rings. The first-order chi connectivity index (χ1) is 17.0. The number of nitrogens with one attached hydrogen (secondary N) is 2. The summed E-state index contributed by atoms with van der Waals surface area (Å²) in [6.07, 6.45) is 4.96. The number of rotatable bonds is 6. The van der Waals surface area contributed by atoms with Crippen LogP contribution in [-0.2, 0) is 7.05 Å². The molecule has 35 heavy (non-hydrogen) atoms. The van der Waals surface area contributed by atoms with Gasteiger partial charge in [0, 0.05) is 37.9 Å². The first-order valence-corrected chi connectivity index (χ1v) is 11.1. The highest BCUT2D eigenvalue weighted by Gasteiger charge is 2.33. The molecule has 4 aromatic rings. The minimum absolute atomic E-state index is 0.0285. The van der Waals surface area contributed by atoms with Gasteiger partial charge in [-0.25, -0.2) is 14.8 Å². The van der Waals surface area contributed by atoms with Crippen molar-refractivity contribution in [2.45, 2.75) is 5.92 Å². The Hall–Kier alpha value is -4.73. The van der Waals surface area contributed by atoms with E-state index in [1.807, 2.05) is 54.6 Å². The Balaban J connectivity index is 1.20. The number of urea groups is 1. The molecule has 0 spiro atoms. The summed E-state index contributed by atoms with van der Waals surface area (Å²) in [4.78, 5) is 35.1. The Kier molecular flexibility index (Phi) is 5.84. The highest BCUT2D eigenvalue weighted by atomic mass is 16.2. The average Bonchev–Trinajstić information content (AvgIpc) is 3.24. The number of amides is 3. The molecule has 1 aliphatic rings. The molecule has 1 saturated heterocycles. The van der Waals surface area contributed by atoms with Crippen LogP contribution in [0.1, 0.15) is 22.1 Å². The van der Waals surface area contributed by atoms with Crippen molar-refractivity contribution in [2.24, 2.45) is 12.8 Å². The van der Waals surface area contributed by atoms with Crippen LogP contribution in [0.15, 0.2) is 73.2 Å². The molecule has 10 nitrogen and oxygen atoms in total. The topological polar surface area (TPSA) is 131 Å². The second kappa shape index (κ2) is 9.26. The molecular weight excluding hydrogens is 444 g/mol. The maximum absolute atomic E-state index is 12.6. The highest BCUT2D eigenvalue weighted by Crippen LogP contribution is 2.28. The second-order valence-electron chi connectivity index (χ2n) is 8.36. The highest BCUT2D eigenvalue weighted by molar-refractivity contribution is 5.96. The van der Waals surface area contributed by atoms with E-state index in [4.69, 9.17) is 5.73 Å². The van der Waals surface area contributed by atoms with Gasteiger partial charge in [0.25, 0.3) is 5.91 Å². The lowest BCUT2D eigenvalue weighted by atomic mass is 9.97. The van der Waals surface area contributed by atoms with Gasteiger partial charge in [-0.3, -0.25) is 9.48 Å². The summed E-state index contributed by atoms with van der Waals surface area (Å²) in [5.41, 5.74) is 9.79. The van der Waals surface area contributed by atoms with Crippen LogP contribution in [0.5, 0.6) is 0 Å². The van der Waals surface area contributed by atoms with Gasteiger partial charge in [0.15, 0.2) is 11.5 Å². The number of carbonyl (C=O) groups excluding carboxylic acids is 2. The minimum atomic E-state index is -0.682. The van der Waals surface area contributed by atoms with Crippen LogP contribution in [0.2, 0.25) is 0 Å². The summed E-state index contributed by atoms with van der Waals surface area (Å²) >= 11 is 0. The fourth-order valence-corrected chi connectivity index (χ4v) is 3.90. The van der Waals surface area contributed by atoms with Gasteiger partial charge in [-0.05, 0) is 23.3 Å². The molecule has 3 heterocycles. The number of nitrogens with two attached hydrogens (primary N) is 1. The number of aromatic nitrogens is 4. The summed E-state index contributed by atoms with van der Waals surface area (Å²) in [6, 6.07) is 17.6. The van der Waals surface area contributed by atoms with E-state index >= 15 is 0 Å². The van der Waals surface area contributed by atoms with E-state index in [9.17, 15) is 9.59 Å². The fourth-order valence-electron chi connectivity index (χ4n) is 3.90. The molecule has 4 N–H and O–H groups in total. The van der Waals surface area contributed by atoms with Crippen LogP contribution in [-0.4, -0.2) is 49.7 Å². The van der Waals surface area contributed by atoms with Crippen molar-refractivity contribution in [2.75, 3.05) is 23.7 Å². The third-order valence-electron chi connectivity index (χ3n) is 5.82. The molecule has 176 valence electrons. The lowest BCUT2D eigenvalue weighted by Gasteiger charge is -2.38. The van der Waals surface area contributed by atoms with E-state index in [0.717, 1.165) is 16.8 Å². The molecule has 0 bridgehead atoms. The zero-order valence-electron chi connectivity index (χ0n) is 19.0. The predicted octanol–water partition coefficient (Wildman–Crippen LogP) is 3.35. The fraction of sp³-hybridized carbons (Fsp3) is 0.160. The third-order valence-corrected chi connectivity index (χ3v) is 5.82. The quantitative estimate of drug-likeness (QED) is 0.398. The van der Waals surface area contributed by atoms with E-state index in [0.29, 0.717) is 24.5 Å². The van der Waals surface area contributed by atoms with E-state index in [1.54, 1.807) is 35.2 Å². The van der Waals surface area contributed by atoms with E-state index in [-0.39, 0.29) is 23.5 Å². The molecule has 0 aliphatic carbocycles. The molecule has 0 saturated carbocycles. The van der Waals surface area contributed by atoms with Gasteiger partial charge in [0.2, 0.25) is 0 Å². The Morgan fingerprint density at radius 3 is 2.34 bits per heavy atom. The SMILES string of the molecule is Cn1cc(Nc2ncc(C3CN(C(=O)Nc4ccc(-c5ccccc5)cc4)C3)nc2C(N)=O)cn1. The largest absolute Gasteiger partial charge is 0.364 e. The second-order valence-corrected chi connectivity index (χ2v) is 8.36. The van der Waals surface area contributed by atoms with Crippen molar-refractivity contribution in [3.63, 3.8) is 0 Å². The van der Waals surface area contributed by atoms with Crippen LogP contribution >= 0.6 is 0 Å². The maximum Gasteiger partial charge on any atom is 0.321 e. The number of primary amides is 1. The number of hydrogen-bond donors (Lipinski definition) is 3. The molecule has 0 unspecified atom stereocenters. The minimum Gasteiger partial charge on any atom is -0.364 e. The van der Waals surface area contributed by atoms with Gasteiger partial charge in [-0.1, -0.05) is 42.5 Å². The zero-order valence-corrected chi connectivity index (χ0v) is 19.0. The summed E-state index contributed by atoms with van der Waals surface area (Å²) in [7, 11) is 1.78. The number of hydrogen-bond acceptors (Lipinski definition) is 6. The average molecular weight is 469 g/mol. The van der Waals surface area contributed by atoms with Crippen LogP contribution < -0.4 is 16.4 Å². The zero-order chi connectivity index (χ0) is 24.4. The first kappa shape index (κ1) is 22.1. The summed E-state index contributed by atoms with van der Waals surface area (Å²) in [6.45, 7) is 0.937. The van der Waals surface area contributed by atoms with Gasteiger partial charge in [-0.15, -0.1) is 0 Å². The third kappa shape index (κ3) is 4.81. The summed E-state index contributed by atoms with van der Waals surface area (Å²) in [5, 5.41) is 10.0. The molecule has 0 atom stereocenters. The standard InChI is InChI=1S/C25H24N8O2/c1-32-15-20(11-28-32)29-24-22(23(26)34)31-21(12-27-24)18-13-33(14-18)25(35)30-19-9-7-17(8-10-19)16-5-3-2-4-6-16/h2-12,15,18H,13-14H2,1H3,(H2,26,34)(H,27,29)(H,30,35). The van der Waals surface area contributed by atoms with Gasteiger partial charge < -0.3 is 21.3 Å². The maximum atomic E-state index is 12.6. The van der Waals surface area contributed by atoms with Crippen molar-refractivity contribution >= 4 is 29.1 Å². The number of benzene rings is 2. The van der Waals surface area contributed by atoms with Crippen molar-refractivity contribution in [1.82, 2.24) is 24.6 Å². The first-order valence-electron chi connectivity index (χ1n) is 11.1. The van der Waals surface area contributed by atoms with E-state index < -0.39 is 5.91 Å². The number of anilines is 3. The van der Waals surface area contributed by atoms with Crippen LogP contribution in [0.4, 0.5) is 22.0 Å². The Labute approximate surface area is 201 Å². The summed E-state index contributed by atoms with van der Waals surface area (Å²) in [5.74, 6) is -0.444. The molecule has 10 heteroatoms. The number of aryl methyl sites for hydroxylation is 1. The van der Waals surface area contributed by atoms with E-state index in [2.05, 4.69) is 25.7 Å². The van der Waals surface area contributed by atoms with E-state index in [1.165, 1.54) is 0 Å². The monoisotopic (exact) mass is 468 g/mol. The van der Waals surface area contributed by atoms with Crippen LogP contribution in [0.25, 0.3) is 11.1 Å². The number of likely N-dealkylation sites (tertiary alicyclic amines) is 1. The van der Waals surface area contributed by atoms with Gasteiger partial charge in [0.05, 0.1) is 23.8 Å². The Morgan fingerprint density at radius 1 is 0.971 bits per heavy atom. The number of nitrogens with zero attached hydrogens (tertiary/aromatic N) is 5. The van der Waals surface area contributed by atoms with Crippen LogP contribution in [0.3, 0.4) is 0 Å². The van der Waals surface area contributed by atoms with Gasteiger partial charge in [0.1, 0.15) is 0 Å². The molecule has 0 radical (unpaired) electrons. The summed E-state index contributed by atoms with van der Waals surface area (Å²) < 4.78 is 1.62. The molecule has 2 aromatic heterocycles. The molecule has 1 aliphatic heterocycles. The molecule has 5 rings (SSSR count). The van der Waals surface area contributed by atoms with Crippen molar-refractivity contribution in [3.8, 4) is 11.1 Å². The molecule has 3 amide bonds. The van der Waals surface area contributed by atoms with Gasteiger partial charge >= 0.3 is 6.03 Å². The van der Waals surface area contributed by atoms with Crippen molar-refractivity contribution < 1.29 is 9.59 Å². The lowest BCUT2D eigenvalue weighted by molar-refractivity contribution is 0.0995. The number of carbonyl (C=O) groups is 2.